The van der Waals surface area contributed by atoms with Gasteiger partial charge in [-0.1, -0.05) is 44.2 Å². The summed E-state index contributed by atoms with van der Waals surface area (Å²) in [5.74, 6) is -0.103. The number of nitrogens with zero attached hydrogens (tertiary/aromatic N) is 1. The second-order valence-corrected chi connectivity index (χ2v) is 8.76. The van der Waals surface area contributed by atoms with Crippen LogP contribution in [0.2, 0.25) is 0 Å². The quantitative estimate of drug-likeness (QED) is 0.412. The van der Waals surface area contributed by atoms with Gasteiger partial charge >= 0.3 is 5.97 Å². The van der Waals surface area contributed by atoms with Crippen LogP contribution in [-0.4, -0.2) is 30.7 Å². The Kier molecular flexibility index (Phi) is 6.90. The molecule has 0 unspecified atom stereocenters. The maximum absolute atomic E-state index is 11.8. The van der Waals surface area contributed by atoms with Crippen LogP contribution in [0.25, 0.3) is 22.0 Å². The Balaban J connectivity index is 0.00000141. The van der Waals surface area contributed by atoms with Crippen molar-refractivity contribution >= 4 is 26.7 Å². The zero-order valence-electron chi connectivity index (χ0n) is 17.9. The molecule has 0 spiro atoms. The molecule has 0 fully saturated rings. The molecule has 0 bridgehead atoms. The molecule has 4 aromatic rings. The Labute approximate surface area is 187 Å². The number of fused-ring (bicyclic) bond motifs is 1. The van der Waals surface area contributed by atoms with E-state index in [0.29, 0.717) is 22.4 Å². The highest BCUT2D eigenvalue weighted by Crippen LogP contribution is 2.32. The highest BCUT2D eigenvalue weighted by atomic mass is 32.2. The number of benzene rings is 3. The molecular weight excluding hydrogens is 426 g/mol. The van der Waals surface area contributed by atoms with Crippen molar-refractivity contribution in [2.45, 2.75) is 18.7 Å². The first kappa shape index (κ1) is 23.0. The van der Waals surface area contributed by atoms with Gasteiger partial charge in [-0.25, -0.2) is 13.2 Å². The van der Waals surface area contributed by atoms with E-state index < -0.39 is 15.8 Å². The molecule has 3 aromatic carbocycles. The summed E-state index contributed by atoms with van der Waals surface area (Å²) in [5.41, 5.74) is 2.19. The van der Waals surface area contributed by atoms with Crippen molar-refractivity contribution in [1.82, 2.24) is 4.98 Å². The molecule has 0 aliphatic rings. The lowest BCUT2D eigenvalue weighted by Gasteiger charge is -2.11. The molecule has 0 aliphatic carbocycles. The molecule has 0 saturated heterocycles. The van der Waals surface area contributed by atoms with E-state index in [0.717, 1.165) is 17.4 Å². The summed E-state index contributed by atoms with van der Waals surface area (Å²) in [4.78, 5) is 15.9. The molecule has 0 saturated carbocycles. The van der Waals surface area contributed by atoms with Gasteiger partial charge in [-0.05, 0) is 53.6 Å². The molecule has 0 atom stereocenters. The third kappa shape index (κ3) is 4.95. The molecule has 0 radical (unpaired) electrons. The topological polar surface area (TPSA) is 93.6 Å². The minimum atomic E-state index is -3.34. The van der Waals surface area contributed by atoms with Crippen molar-refractivity contribution in [3.63, 3.8) is 0 Å². The fraction of sp³-hybridized carbons (Fsp3) is 0.120. The van der Waals surface area contributed by atoms with Gasteiger partial charge in [0.25, 0.3) is 0 Å². The van der Waals surface area contributed by atoms with Gasteiger partial charge in [-0.15, -0.1) is 0 Å². The van der Waals surface area contributed by atoms with E-state index in [4.69, 9.17) is 4.74 Å². The van der Waals surface area contributed by atoms with E-state index in [2.05, 4.69) is 4.98 Å². The summed E-state index contributed by atoms with van der Waals surface area (Å²) in [5, 5.41) is 10.1. The lowest BCUT2D eigenvalue weighted by Crippen LogP contribution is -1.99. The number of aromatic carboxylic acids is 1. The summed E-state index contributed by atoms with van der Waals surface area (Å²) in [6, 6.07) is 20.4. The fourth-order valence-electron chi connectivity index (χ4n) is 3.23. The number of carbonyl (C=O) groups is 1. The first-order valence-corrected chi connectivity index (χ1v) is 11.9. The van der Waals surface area contributed by atoms with Crippen molar-refractivity contribution in [3.8, 4) is 22.6 Å². The third-order valence-electron chi connectivity index (χ3n) is 4.62. The van der Waals surface area contributed by atoms with Gasteiger partial charge in [0.1, 0.15) is 11.5 Å². The zero-order valence-corrected chi connectivity index (χ0v) is 18.8. The van der Waals surface area contributed by atoms with Gasteiger partial charge in [-0.3, -0.25) is 4.98 Å². The molecule has 4 rings (SSSR count). The van der Waals surface area contributed by atoms with Gasteiger partial charge in [0.2, 0.25) is 0 Å². The molecule has 1 heterocycles. The standard InChI is InChI=1S/C23H17NO5S.C2H6/c1-30(27,28)18-8-3-7-17(14-18)29-16-6-2-5-15(13-16)19-11-12-24-22-20(19)9-4-10-21(22)23(25)26;1-2/h2-14H,1H3,(H,25,26);1-2H3. The number of hydrogen-bond acceptors (Lipinski definition) is 5. The number of pyridine rings is 1. The highest BCUT2D eigenvalue weighted by molar-refractivity contribution is 7.90. The van der Waals surface area contributed by atoms with Gasteiger partial charge in [0, 0.05) is 17.8 Å². The van der Waals surface area contributed by atoms with E-state index in [-0.39, 0.29) is 10.5 Å². The summed E-state index contributed by atoms with van der Waals surface area (Å²) in [6.45, 7) is 4.00. The lowest BCUT2D eigenvalue weighted by molar-refractivity contribution is 0.0699. The maximum Gasteiger partial charge on any atom is 0.337 e. The second-order valence-electron chi connectivity index (χ2n) is 6.74. The minimum Gasteiger partial charge on any atom is -0.478 e. The van der Waals surface area contributed by atoms with Crippen molar-refractivity contribution in [3.05, 3.63) is 84.6 Å². The number of hydrogen-bond donors (Lipinski definition) is 1. The Morgan fingerprint density at radius 2 is 1.56 bits per heavy atom. The Bertz CT molecular complexity index is 1380. The summed E-state index contributed by atoms with van der Waals surface area (Å²) in [7, 11) is -3.34. The van der Waals surface area contributed by atoms with Crippen LogP contribution in [0, 0.1) is 0 Å². The van der Waals surface area contributed by atoms with Crippen LogP contribution in [0.15, 0.2) is 83.9 Å². The summed E-state index contributed by atoms with van der Waals surface area (Å²) < 4.78 is 29.4. The maximum atomic E-state index is 11.8. The number of para-hydroxylation sites is 1. The predicted molar refractivity (Wildman–Crippen MR) is 125 cm³/mol. The number of carboxylic acids is 1. The first-order chi connectivity index (χ1) is 15.3. The molecule has 164 valence electrons. The Morgan fingerprint density at radius 3 is 2.25 bits per heavy atom. The van der Waals surface area contributed by atoms with Crippen LogP contribution in [0.5, 0.6) is 11.5 Å². The Morgan fingerprint density at radius 1 is 0.906 bits per heavy atom. The molecule has 0 aliphatic heterocycles. The predicted octanol–water partition coefficient (Wildman–Crippen LogP) is 5.82. The van der Waals surface area contributed by atoms with Gasteiger partial charge < -0.3 is 9.84 Å². The fourth-order valence-corrected chi connectivity index (χ4v) is 3.89. The van der Waals surface area contributed by atoms with Crippen LogP contribution < -0.4 is 4.74 Å². The monoisotopic (exact) mass is 449 g/mol. The largest absolute Gasteiger partial charge is 0.478 e. The summed E-state index contributed by atoms with van der Waals surface area (Å²) >= 11 is 0. The Hall–Kier alpha value is -3.71. The molecular formula is C25H23NO5S. The summed E-state index contributed by atoms with van der Waals surface area (Å²) in [6.07, 6.45) is 2.72. The van der Waals surface area contributed by atoms with Crippen molar-refractivity contribution in [1.29, 1.82) is 0 Å². The van der Waals surface area contributed by atoms with Crippen LogP contribution >= 0.6 is 0 Å². The van der Waals surface area contributed by atoms with E-state index in [1.54, 1.807) is 30.5 Å². The van der Waals surface area contributed by atoms with Crippen LogP contribution in [-0.2, 0) is 9.84 Å². The van der Waals surface area contributed by atoms with E-state index in [1.807, 2.05) is 44.2 Å². The van der Waals surface area contributed by atoms with Gasteiger partial charge in [-0.2, -0.15) is 0 Å². The average molecular weight is 450 g/mol. The van der Waals surface area contributed by atoms with Crippen molar-refractivity contribution in [2.24, 2.45) is 0 Å². The number of rotatable bonds is 5. The van der Waals surface area contributed by atoms with E-state index in [9.17, 15) is 18.3 Å². The van der Waals surface area contributed by atoms with Crippen molar-refractivity contribution in [2.75, 3.05) is 6.26 Å². The van der Waals surface area contributed by atoms with Gasteiger partial charge in [0.05, 0.1) is 16.0 Å². The average Bonchev–Trinajstić information content (AvgIpc) is 2.79. The number of carboxylic acid groups (broad SMARTS) is 1. The lowest BCUT2D eigenvalue weighted by atomic mass is 9.99. The van der Waals surface area contributed by atoms with Crippen molar-refractivity contribution < 1.29 is 23.1 Å². The minimum absolute atomic E-state index is 0.138. The third-order valence-corrected chi connectivity index (χ3v) is 5.73. The number of ether oxygens (including phenoxy) is 1. The molecule has 0 amide bonds. The van der Waals surface area contributed by atoms with Crippen LogP contribution in [0.4, 0.5) is 0 Å². The SMILES string of the molecule is CC.CS(=O)(=O)c1cccc(Oc2cccc(-c3ccnc4c(C(=O)O)cccc34)c2)c1. The molecule has 7 heteroatoms. The molecule has 32 heavy (non-hydrogen) atoms. The van der Waals surface area contributed by atoms with E-state index >= 15 is 0 Å². The van der Waals surface area contributed by atoms with E-state index in [1.165, 1.54) is 18.2 Å². The molecule has 1 aromatic heterocycles. The second kappa shape index (κ2) is 9.62. The highest BCUT2D eigenvalue weighted by Gasteiger charge is 2.13. The molecule has 1 N–H and O–H groups in total. The van der Waals surface area contributed by atoms with Crippen LogP contribution in [0.1, 0.15) is 24.2 Å². The zero-order chi connectivity index (χ0) is 23.3. The first-order valence-electron chi connectivity index (χ1n) is 10.0. The van der Waals surface area contributed by atoms with Crippen LogP contribution in [0.3, 0.4) is 0 Å². The normalized spacial score (nSPS) is 10.8. The number of aromatic nitrogens is 1. The van der Waals surface area contributed by atoms with Gasteiger partial charge in [0.15, 0.2) is 9.84 Å². The smallest absolute Gasteiger partial charge is 0.337 e. The molecule has 6 nitrogen and oxygen atoms in total. The number of sulfone groups is 1.